The molecule has 4 nitrogen and oxygen atoms in total. The third-order valence-electron chi connectivity index (χ3n) is 1.98. The first-order chi connectivity index (χ1) is 7.66. The molecule has 1 N–H and O–H groups in total. The third kappa shape index (κ3) is 2.20. The van der Waals surface area contributed by atoms with Crippen molar-refractivity contribution in [1.29, 1.82) is 0 Å². The van der Waals surface area contributed by atoms with Gasteiger partial charge >= 0.3 is 5.97 Å². The first-order valence-corrected chi connectivity index (χ1v) is 5.45. The van der Waals surface area contributed by atoms with Gasteiger partial charge in [-0.25, -0.2) is 4.79 Å². The molecular formula is C11H9NO3S. The molecule has 2 heterocycles. The van der Waals surface area contributed by atoms with Crippen LogP contribution in [0.3, 0.4) is 0 Å². The van der Waals surface area contributed by atoms with E-state index in [2.05, 4.69) is 4.98 Å². The van der Waals surface area contributed by atoms with E-state index in [1.807, 2.05) is 6.92 Å². The minimum Gasteiger partial charge on any atom is -0.477 e. The van der Waals surface area contributed by atoms with Crippen LogP contribution in [-0.4, -0.2) is 16.1 Å². The highest BCUT2D eigenvalue weighted by Crippen LogP contribution is 2.28. The van der Waals surface area contributed by atoms with Crippen LogP contribution in [0, 0.1) is 6.92 Å². The molecule has 0 aromatic carbocycles. The summed E-state index contributed by atoms with van der Waals surface area (Å²) in [7, 11) is 0. The fourth-order valence-electron chi connectivity index (χ4n) is 1.19. The zero-order valence-corrected chi connectivity index (χ0v) is 9.32. The van der Waals surface area contributed by atoms with Gasteiger partial charge in [-0.15, -0.1) is 11.3 Å². The molecule has 0 fully saturated rings. The highest BCUT2D eigenvalue weighted by molar-refractivity contribution is 7.12. The van der Waals surface area contributed by atoms with Crippen LogP contribution in [0.4, 0.5) is 0 Å². The lowest BCUT2D eigenvalue weighted by Crippen LogP contribution is -1.90. The Kier molecular flexibility index (Phi) is 2.87. The number of nitrogens with zero attached hydrogens (tertiary/aromatic N) is 1. The van der Waals surface area contributed by atoms with E-state index in [-0.39, 0.29) is 4.88 Å². The van der Waals surface area contributed by atoms with E-state index in [1.54, 1.807) is 23.8 Å². The Labute approximate surface area is 96.1 Å². The molecule has 82 valence electrons. The highest BCUT2D eigenvalue weighted by Gasteiger charge is 2.08. The van der Waals surface area contributed by atoms with Crippen molar-refractivity contribution in [3.63, 3.8) is 0 Å². The maximum absolute atomic E-state index is 10.7. The van der Waals surface area contributed by atoms with E-state index >= 15 is 0 Å². The first kappa shape index (κ1) is 10.6. The summed E-state index contributed by atoms with van der Waals surface area (Å²) in [6.07, 6.45) is 3.33. The summed E-state index contributed by atoms with van der Waals surface area (Å²) in [6.45, 7) is 1.88. The van der Waals surface area contributed by atoms with Gasteiger partial charge in [-0.2, -0.15) is 0 Å². The first-order valence-electron chi connectivity index (χ1n) is 4.57. The summed E-state index contributed by atoms with van der Waals surface area (Å²) >= 11 is 1.14. The van der Waals surface area contributed by atoms with Crippen molar-refractivity contribution >= 4 is 17.3 Å². The average molecular weight is 235 g/mol. The zero-order valence-electron chi connectivity index (χ0n) is 8.51. The number of carboxylic acids is 1. The van der Waals surface area contributed by atoms with Gasteiger partial charge in [-0.05, 0) is 13.0 Å². The molecule has 0 atom stereocenters. The molecule has 0 saturated carbocycles. The van der Waals surface area contributed by atoms with Crippen molar-refractivity contribution in [2.24, 2.45) is 0 Å². The van der Waals surface area contributed by atoms with Crippen molar-refractivity contribution in [3.05, 3.63) is 40.3 Å². The van der Waals surface area contributed by atoms with E-state index in [9.17, 15) is 4.79 Å². The smallest absolute Gasteiger partial charge is 0.346 e. The van der Waals surface area contributed by atoms with Crippen LogP contribution in [0.5, 0.6) is 11.5 Å². The molecule has 0 aliphatic rings. The molecule has 0 radical (unpaired) electrons. The Hall–Kier alpha value is -1.88. The lowest BCUT2D eigenvalue weighted by molar-refractivity contribution is 0.0702. The predicted molar refractivity (Wildman–Crippen MR) is 60.3 cm³/mol. The molecule has 2 aromatic heterocycles. The normalized spacial score (nSPS) is 10.1. The van der Waals surface area contributed by atoms with E-state index in [4.69, 9.17) is 9.84 Å². The van der Waals surface area contributed by atoms with Crippen molar-refractivity contribution in [2.75, 3.05) is 0 Å². The number of hydrogen-bond acceptors (Lipinski definition) is 4. The van der Waals surface area contributed by atoms with Crippen LogP contribution < -0.4 is 4.74 Å². The van der Waals surface area contributed by atoms with Crippen molar-refractivity contribution < 1.29 is 14.6 Å². The van der Waals surface area contributed by atoms with Gasteiger partial charge in [0, 0.05) is 29.4 Å². The van der Waals surface area contributed by atoms with Crippen molar-refractivity contribution in [3.8, 4) is 11.5 Å². The summed E-state index contributed by atoms with van der Waals surface area (Å²) in [5, 5.41) is 10.4. The summed E-state index contributed by atoms with van der Waals surface area (Å²) in [5.41, 5.74) is 0.908. The number of pyridine rings is 1. The van der Waals surface area contributed by atoms with Crippen molar-refractivity contribution in [2.45, 2.75) is 6.92 Å². The van der Waals surface area contributed by atoms with Gasteiger partial charge in [0.2, 0.25) is 0 Å². The Balaban J connectivity index is 2.21. The number of rotatable bonds is 3. The molecule has 0 unspecified atom stereocenters. The maximum atomic E-state index is 10.7. The molecule has 5 heteroatoms. The largest absolute Gasteiger partial charge is 0.477 e. The van der Waals surface area contributed by atoms with Crippen LogP contribution in [0.25, 0.3) is 0 Å². The van der Waals surface area contributed by atoms with Gasteiger partial charge in [0.15, 0.2) is 0 Å². The summed E-state index contributed by atoms with van der Waals surface area (Å²) in [6, 6.07) is 3.25. The van der Waals surface area contributed by atoms with Crippen LogP contribution in [0.15, 0.2) is 29.9 Å². The monoisotopic (exact) mass is 235 g/mol. The maximum Gasteiger partial charge on any atom is 0.346 e. The Morgan fingerprint density at radius 2 is 2.38 bits per heavy atom. The minimum absolute atomic E-state index is 0.265. The summed E-state index contributed by atoms with van der Waals surface area (Å²) < 4.78 is 5.55. The molecule has 0 amide bonds. The zero-order chi connectivity index (χ0) is 11.5. The molecule has 2 aromatic rings. The molecule has 0 aliphatic carbocycles. The molecule has 0 saturated heterocycles. The van der Waals surface area contributed by atoms with Gasteiger partial charge in [0.05, 0.1) is 0 Å². The van der Waals surface area contributed by atoms with Crippen LogP contribution >= 0.6 is 11.3 Å². The van der Waals surface area contributed by atoms with E-state index < -0.39 is 5.97 Å². The van der Waals surface area contributed by atoms with Gasteiger partial charge in [0.25, 0.3) is 0 Å². The topological polar surface area (TPSA) is 59.4 Å². The van der Waals surface area contributed by atoms with Crippen LogP contribution in [0.2, 0.25) is 0 Å². The molecule has 2 rings (SSSR count). The third-order valence-corrected chi connectivity index (χ3v) is 2.88. The average Bonchev–Trinajstić information content (AvgIpc) is 2.70. The number of thiophene rings is 1. The fraction of sp³-hybridized carbons (Fsp3) is 0.0909. The number of carbonyl (C=O) groups is 1. The lowest BCUT2D eigenvalue weighted by Gasteiger charge is -2.04. The van der Waals surface area contributed by atoms with Gasteiger partial charge in [-0.1, -0.05) is 0 Å². The molecule has 0 spiro atoms. The second kappa shape index (κ2) is 4.32. The van der Waals surface area contributed by atoms with E-state index in [1.165, 1.54) is 6.07 Å². The lowest BCUT2D eigenvalue weighted by atomic mass is 10.3. The fourth-order valence-corrected chi connectivity index (χ4v) is 1.83. The Morgan fingerprint density at radius 1 is 1.56 bits per heavy atom. The molecule has 16 heavy (non-hydrogen) atoms. The van der Waals surface area contributed by atoms with Gasteiger partial charge < -0.3 is 9.84 Å². The van der Waals surface area contributed by atoms with E-state index in [0.717, 1.165) is 16.9 Å². The molecule has 0 aliphatic heterocycles. The van der Waals surface area contributed by atoms with Crippen LogP contribution in [0.1, 0.15) is 15.2 Å². The highest BCUT2D eigenvalue weighted by atomic mass is 32.1. The van der Waals surface area contributed by atoms with Gasteiger partial charge in [0.1, 0.15) is 16.4 Å². The minimum atomic E-state index is -0.939. The molecule has 0 bridgehead atoms. The summed E-state index contributed by atoms with van der Waals surface area (Å²) in [5.74, 6) is 0.285. The number of aryl methyl sites for hydroxylation is 1. The van der Waals surface area contributed by atoms with Crippen molar-refractivity contribution in [1.82, 2.24) is 4.98 Å². The number of carboxylic acid groups (broad SMARTS) is 1. The predicted octanol–water partition coefficient (Wildman–Crippen LogP) is 2.94. The number of hydrogen-bond donors (Lipinski definition) is 1. The standard InChI is InChI=1S/C11H9NO3S/c1-7-5-12-3-2-9(7)15-8-4-10(11(13)14)16-6-8/h2-6H,1H3,(H,13,14). The SMILES string of the molecule is Cc1cnccc1Oc1csc(C(=O)O)c1. The number of aromatic carboxylic acids is 1. The van der Waals surface area contributed by atoms with Crippen LogP contribution in [-0.2, 0) is 0 Å². The number of ether oxygens (including phenoxy) is 1. The summed E-state index contributed by atoms with van der Waals surface area (Å²) in [4.78, 5) is 14.9. The van der Waals surface area contributed by atoms with E-state index in [0.29, 0.717) is 11.5 Å². The van der Waals surface area contributed by atoms with Gasteiger partial charge in [-0.3, -0.25) is 4.98 Å². The molecular weight excluding hydrogens is 226 g/mol. The quantitative estimate of drug-likeness (QED) is 0.888. The Morgan fingerprint density at radius 3 is 3.00 bits per heavy atom. The second-order valence-corrected chi connectivity index (χ2v) is 4.11. The number of aromatic nitrogens is 1. The second-order valence-electron chi connectivity index (χ2n) is 3.20. The Bertz CT molecular complexity index is 521.